The summed E-state index contributed by atoms with van der Waals surface area (Å²) in [5.74, 6) is 0.767. The molecule has 3 aliphatic heterocycles. The quantitative estimate of drug-likeness (QED) is 0.603. The van der Waals surface area contributed by atoms with Crippen LogP contribution in [-0.2, 0) is 19.6 Å². The van der Waals surface area contributed by atoms with Crippen LogP contribution in [0.4, 0.5) is 0 Å². The van der Waals surface area contributed by atoms with Crippen LogP contribution in [-0.4, -0.2) is 105 Å². The fourth-order valence-electron chi connectivity index (χ4n) is 4.88. The number of piperidine rings is 1. The van der Waals surface area contributed by atoms with E-state index in [1.807, 2.05) is 9.80 Å². The van der Waals surface area contributed by atoms with Crippen molar-refractivity contribution in [3.63, 3.8) is 0 Å². The number of amides is 2. The van der Waals surface area contributed by atoms with Gasteiger partial charge >= 0.3 is 0 Å². The maximum absolute atomic E-state index is 13.0. The lowest BCUT2D eigenvalue weighted by Gasteiger charge is -2.38. The van der Waals surface area contributed by atoms with Crippen molar-refractivity contribution in [3.8, 4) is 5.75 Å². The van der Waals surface area contributed by atoms with Crippen molar-refractivity contribution in [2.24, 2.45) is 5.92 Å². The van der Waals surface area contributed by atoms with Crippen LogP contribution >= 0.6 is 0 Å². The van der Waals surface area contributed by atoms with Gasteiger partial charge in [0.2, 0.25) is 21.8 Å². The average Bonchev–Trinajstić information content (AvgIpc) is 3.39. The van der Waals surface area contributed by atoms with Gasteiger partial charge in [0.15, 0.2) is 0 Å². The van der Waals surface area contributed by atoms with E-state index in [1.54, 1.807) is 31.4 Å². The molecule has 3 fully saturated rings. The van der Waals surface area contributed by atoms with E-state index >= 15 is 0 Å². The first-order valence-electron chi connectivity index (χ1n) is 11.8. The fourth-order valence-corrected chi connectivity index (χ4v) is 6.35. The predicted molar refractivity (Wildman–Crippen MR) is 123 cm³/mol. The van der Waals surface area contributed by atoms with Gasteiger partial charge in [0, 0.05) is 58.3 Å². The van der Waals surface area contributed by atoms with Crippen LogP contribution in [0, 0.1) is 5.92 Å². The molecule has 2 amide bonds. The molecule has 1 aromatic rings. The first-order chi connectivity index (χ1) is 15.9. The second-order valence-corrected chi connectivity index (χ2v) is 11.0. The lowest BCUT2D eigenvalue weighted by Crippen LogP contribution is -2.53. The van der Waals surface area contributed by atoms with Gasteiger partial charge in [-0.1, -0.05) is 0 Å². The predicted octanol–water partition coefficient (Wildman–Crippen LogP) is 0.863. The number of benzene rings is 1. The molecule has 0 radical (unpaired) electrons. The van der Waals surface area contributed by atoms with Gasteiger partial charge in [-0.05, 0) is 49.9 Å². The van der Waals surface area contributed by atoms with E-state index in [0.29, 0.717) is 64.4 Å². The molecule has 1 aromatic carbocycles. The largest absolute Gasteiger partial charge is 0.497 e. The van der Waals surface area contributed by atoms with Crippen molar-refractivity contribution in [2.75, 3.05) is 66.0 Å². The summed E-state index contributed by atoms with van der Waals surface area (Å²) in [7, 11) is -2.04. The van der Waals surface area contributed by atoms with Crippen LogP contribution in [0.3, 0.4) is 0 Å². The third kappa shape index (κ3) is 5.50. The van der Waals surface area contributed by atoms with Crippen LogP contribution in [0.25, 0.3) is 0 Å². The normalized spacial score (nSPS) is 21.4. The Labute approximate surface area is 196 Å². The first-order valence-corrected chi connectivity index (χ1v) is 13.3. The van der Waals surface area contributed by atoms with E-state index in [9.17, 15) is 18.0 Å². The highest BCUT2D eigenvalue weighted by molar-refractivity contribution is 7.89. The molecule has 9 nitrogen and oxygen atoms in total. The van der Waals surface area contributed by atoms with E-state index in [0.717, 1.165) is 25.9 Å². The average molecular weight is 479 g/mol. The number of likely N-dealkylation sites (tertiary alicyclic amines) is 1. The van der Waals surface area contributed by atoms with E-state index in [2.05, 4.69) is 4.90 Å². The van der Waals surface area contributed by atoms with Gasteiger partial charge < -0.3 is 14.5 Å². The molecule has 0 bridgehead atoms. The third-order valence-corrected chi connectivity index (χ3v) is 8.91. The Morgan fingerprint density at radius 2 is 1.48 bits per heavy atom. The van der Waals surface area contributed by atoms with Gasteiger partial charge in [-0.25, -0.2) is 8.42 Å². The minimum atomic E-state index is -3.58. The molecule has 0 aliphatic carbocycles. The number of methoxy groups -OCH3 is 1. The summed E-state index contributed by atoms with van der Waals surface area (Å²) >= 11 is 0. The fraction of sp³-hybridized carbons (Fsp3) is 0.652. The molecule has 3 aliphatic rings. The van der Waals surface area contributed by atoms with Crippen molar-refractivity contribution in [3.05, 3.63) is 24.3 Å². The molecule has 0 spiro atoms. The van der Waals surface area contributed by atoms with Crippen molar-refractivity contribution < 1.29 is 22.7 Å². The minimum absolute atomic E-state index is 0.113. The molecule has 4 rings (SSSR count). The van der Waals surface area contributed by atoms with Crippen LogP contribution in [0.2, 0.25) is 0 Å². The number of sulfonamides is 1. The van der Waals surface area contributed by atoms with Crippen LogP contribution in [0.1, 0.15) is 25.7 Å². The zero-order valence-electron chi connectivity index (χ0n) is 19.3. The second kappa shape index (κ2) is 10.4. The first kappa shape index (κ1) is 24.0. The van der Waals surface area contributed by atoms with Crippen molar-refractivity contribution in [2.45, 2.75) is 30.6 Å². The summed E-state index contributed by atoms with van der Waals surface area (Å²) in [4.78, 5) is 31.6. The van der Waals surface area contributed by atoms with Crippen LogP contribution < -0.4 is 4.74 Å². The Kier molecular flexibility index (Phi) is 7.55. The molecule has 0 atom stereocenters. The molecule has 3 heterocycles. The van der Waals surface area contributed by atoms with Crippen molar-refractivity contribution >= 4 is 21.8 Å². The Bertz CT molecular complexity index is 930. The molecule has 33 heavy (non-hydrogen) atoms. The number of piperazine rings is 1. The molecule has 182 valence electrons. The Morgan fingerprint density at radius 1 is 0.879 bits per heavy atom. The summed E-state index contributed by atoms with van der Waals surface area (Å²) in [5.41, 5.74) is 0. The van der Waals surface area contributed by atoms with Crippen molar-refractivity contribution in [1.82, 2.24) is 19.0 Å². The number of nitrogens with zero attached hydrogens (tertiary/aromatic N) is 4. The standard InChI is InChI=1S/C23H34N4O5S/c1-32-20-4-6-21(7-5-20)33(30,31)27-12-8-19(9-13-27)23(29)26-16-14-24(15-17-26)18-22(28)25-10-2-3-11-25/h4-7,19H,2-3,8-18H2,1H3. The molecule has 0 aromatic heterocycles. The summed E-state index contributed by atoms with van der Waals surface area (Å²) in [6.07, 6.45) is 3.24. The summed E-state index contributed by atoms with van der Waals surface area (Å²) in [6.45, 7) is 5.50. The highest BCUT2D eigenvalue weighted by Crippen LogP contribution is 2.26. The van der Waals surface area contributed by atoms with E-state index in [-0.39, 0.29) is 22.6 Å². The second-order valence-electron chi connectivity index (χ2n) is 9.04. The van der Waals surface area contributed by atoms with Gasteiger partial charge in [-0.2, -0.15) is 4.31 Å². The molecule has 0 saturated carbocycles. The highest BCUT2D eigenvalue weighted by Gasteiger charge is 2.35. The SMILES string of the molecule is COc1ccc(S(=O)(=O)N2CCC(C(=O)N3CCN(CC(=O)N4CCCC4)CC3)CC2)cc1. The van der Waals surface area contributed by atoms with Crippen LogP contribution in [0.15, 0.2) is 29.2 Å². The monoisotopic (exact) mass is 478 g/mol. The van der Waals surface area contributed by atoms with Gasteiger partial charge in [0.1, 0.15) is 5.75 Å². The Balaban J connectivity index is 1.24. The molecule has 10 heteroatoms. The summed E-state index contributed by atoms with van der Waals surface area (Å²) < 4.78 is 32.4. The maximum atomic E-state index is 13.0. The summed E-state index contributed by atoms with van der Waals surface area (Å²) in [6, 6.07) is 6.39. The number of carbonyl (C=O) groups is 2. The maximum Gasteiger partial charge on any atom is 0.243 e. The zero-order chi connectivity index (χ0) is 23.4. The van der Waals surface area contributed by atoms with Crippen LogP contribution in [0.5, 0.6) is 5.75 Å². The van der Waals surface area contributed by atoms with E-state index in [4.69, 9.17) is 4.74 Å². The number of hydrogen-bond donors (Lipinski definition) is 0. The number of carbonyl (C=O) groups excluding carboxylic acids is 2. The van der Waals surface area contributed by atoms with E-state index < -0.39 is 10.0 Å². The number of hydrogen-bond acceptors (Lipinski definition) is 6. The molecule has 0 unspecified atom stereocenters. The topological polar surface area (TPSA) is 90.5 Å². The van der Waals surface area contributed by atoms with Gasteiger partial charge in [0.05, 0.1) is 18.6 Å². The van der Waals surface area contributed by atoms with Gasteiger partial charge in [-0.15, -0.1) is 0 Å². The van der Waals surface area contributed by atoms with E-state index in [1.165, 1.54) is 4.31 Å². The third-order valence-electron chi connectivity index (χ3n) is 7.00. The van der Waals surface area contributed by atoms with Gasteiger partial charge in [-0.3, -0.25) is 14.5 Å². The zero-order valence-corrected chi connectivity index (χ0v) is 20.1. The lowest BCUT2D eigenvalue weighted by atomic mass is 9.96. The number of rotatable bonds is 6. The molecule has 0 N–H and O–H groups in total. The lowest BCUT2D eigenvalue weighted by molar-refractivity contribution is -0.139. The molecular formula is C23H34N4O5S. The van der Waals surface area contributed by atoms with Crippen molar-refractivity contribution in [1.29, 1.82) is 0 Å². The molecule has 3 saturated heterocycles. The minimum Gasteiger partial charge on any atom is -0.497 e. The molecular weight excluding hydrogens is 444 g/mol. The Morgan fingerprint density at radius 3 is 2.06 bits per heavy atom. The highest BCUT2D eigenvalue weighted by atomic mass is 32.2. The van der Waals surface area contributed by atoms with Gasteiger partial charge in [0.25, 0.3) is 0 Å². The summed E-state index contributed by atoms with van der Waals surface area (Å²) in [5, 5.41) is 0. The smallest absolute Gasteiger partial charge is 0.243 e. The Hall–Kier alpha value is -2.17. The number of ether oxygens (including phenoxy) is 1.